The summed E-state index contributed by atoms with van der Waals surface area (Å²) in [4.78, 5) is 10.3. The Morgan fingerprint density at radius 3 is 1.76 bits per heavy atom. The molecule has 0 bridgehead atoms. The molecule has 0 saturated heterocycles. The van der Waals surface area contributed by atoms with E-state index in [1.165, 1.54) is 0 Å². The van der Waals surface area contributed by atoms with Crippen LogP contribution >= 0.6 is 0 Å². The zero-order valence-corrected chi connectivity index (χ0v) is 15.8. The molecule has 0 aliphatic heterocycles. The van der Waals surface area contributed by atoms with Gasteiger partial charge in [0.1, 0.15) is 12.0 Å². The number of hydrogen-bond donors (Lipinski definition) is 1. The first-order valence-electron chi connectivity index (χ1n) is 9.45. The largest absolute Gasteiger partial charge is 0.494 e. The summed E-state index contributed by atoms with van der Waals surface area (Å²) < 4.78 is 5.64. The highest BCUT2D eigenvalue weighted by atomic mass is 16.5. The van der Waals surface area contributed by atoms with Crippen molar-refractivity contribution >= 4 is 6.29 Å². The van der Waals surface area contributed by atoms with Crippen LogP contribution in [0, 0.1) is 0 Å². The fourth-order valence-electron chi connectivity index (χ4n) is 3.05. The van der Waals surface area contributed by atoms with Crippen molar-refractivity contribution in [1.29, 1.82) is 0 Å². The summed E-state index contributed by atoms with van der Waals surface area (Å²) in [7, 11) is 0. The molecule has 1 N–H and O–H groups in total. The number of aldehydes is 1. The predicted molar refractivity (Wildman–Crippen MR) is 111 cm³/mol. The number of nitrogens with one attached hydrogen (secondary N) is 1. The van der Waals surface area contributed by atoms with Gasteiger partial charge in [-0.25, -0.2) is 0 Å². The Morgan fingerprint density at radius 1 is 0.759 bits per heavy atom. The number of rotatable bonds is 8. The number of ether oxygens (including phenoxy) is 1. The molecule has 0 fully saturated rings. The number of H-pyrrole nitrogens is 1. The second-order valence-corrected chi connectivity index (χ2v) is 6.57. The molecule has 144 valence electrons. The Balaban J connectivity index is 1.43. The zero-order valence-electron chi connectivity index (χ0n) is 15.8. The highest BCUT2D eigenvalue weighted by molar-refractivity contribution is 5.72. The van der Waals surface area contributed by atoms with Crippen molar-refractivity contribution in [2.24, 2.45) is 0 Å². The van der Waals surface area contributed by atoms with E-state index in [1.54, 1.807) is 0 Å². The second-order valence-electron chi connectivity index (χ2n) is 6.57. The fraction of sp³-hybridized carbons (Fsp3) is 0.130. The van der Waals surface area contributed by atoms with E-state index in [9.17, 15) is 4.79 Å². The van der Waals surface area contributed by atoms with Crippen molar-refractivity contribution in [3.8, 4) is 39.4 Å². The lowest BCUT2D eigenvalue weighted by Gasteiger charge is -2.08. The highest BCUT2D eigenvalue weighted by Gasteiger charge is 2.05. The van der Waals surface area contributed by atoms with Gasteiger partial charge in [-0.15, -0.1) is 10.2 Å². The van der Waals surface area contributed by atoms with Crippen LogP contribution < -0.4 is 4.74 Å². The summed E-state index contributed by atoms with van der Waals surface area (Å²) in [6.07, 6.45) is 2.19. The normalized spacial score (nSPS) is 10.6. The Hall–Kier alpha value is -3.80. The quantitative estimate of drug-likeness (QED) is 0.356. The first-order chi connectivity index (χ1) is 14.3. The van der Waals surface area contributed by atoms with Gasteiger partial charge in [0, 0.05) is 12.0 Å². The average molecular weight is 384 g/mol. The van der Waals surface area contributed by atoms with Gasteiger partial charge in [-0.2, -0.15) is 5.21 Å². The van der Waals surface area contributed by atoms with E-state index < -0.39 is 0 Å². The minimum Gasteiger partial charge on any atom is -0.494 e. The number of carbonyl (C=O) groups excluding carboxylic acids is 1. The van der Waals surface area contributed by atoms with E-state index in [-0.39, 0.29) is 0 Å². The van der Waals surface area contributed by atoms with E-state index in [2.05, 4.69) is 57.0 Å². The summed E-state index contributed by atoms with van der Waals surface area (Å²) in [5.74, 6) is 1.40. The molecule has 1 heterocycles. The Labute approximate surface area is 168 Å². The Bertz CT molecular complexity index is 1040. The molecule has 0 atom stereocenters. The topological polar surface area (TPSA) is 80.8 Å². The van der Waals surface area contributed by atoms with Crippen LogP contribution in [0.3, 0.4) is 0 Å². The molecule has 0 saturated carbocycles. The maximum absolute atomic E-state index is 10.3. The third-order valence-electron chi connectivity index (χ3n) is 4.63. The van der Waals surface area contributed by atoms with Gasteiger partial charge in [-0.05, 0) is 46.0 Å². The molecular weight excluding hydrogens is 364 g/mol. The molecule has 0 amide bonds. The molecule has 6 heteroatoms. The molecular formula is C23H20N4O2. The van der Waals surface area contributed by atoms with Gasteiger partial charge in [-0.3, -0.25) is 0 Å². The SMILES string of the molecule is O=CCCCOc1ccc(-c2ccc(-c3ccc(-c4nn[nH]n4)cc3)cc2)cc1. The van der Waals surface area contributed by atoms with E-state index >= 15 is 0 Å². The maximum Gasteiger partial charge on any atom is 0.204 e. The summed E-state index contributed by atoms with van der Waals surface area (Å²) in [6.45, 7) is 0.554. The van der Waals surface area contributed by atoms with Gasteiger partial charge in [0.25, 0.3) is 0 Å². The lowest BCUT2D eigenvalue weighted by atomic mass is 9.99. The van der Waals surface area contributed by atoms with Gasteiger partial charge >= 0.3 is 0 Å². The number of tetrazole rings is 1. The number of aromatic nitrogens is 4. The number of aromatic amines is 1. The monoisotopic (exact) mass is 384 g/mol. The average Bonchev–Trinajstić information content (AvgIpc) is 3.33. The van der Waals surface area contributed by atoms with Crippen LogP contribution in [-0.2, 0) is 4.79 Å². The van der Waals surface area contributed by atoms with Crippen molar-refractivity contribution in [3.05, 3.63) is 72.8 Å². The molecule has 4 aromatic rings. The molecule has 0 spiro atoms. The lowest BCUT2D eigenvalue weighted by Crippen LogP contribution is -1.97. The van der Waals surface area contributed by atoms with Gasteiger partial charge in [0.15, 0.2) is 0 Å². The third-order valence-corrected chi connectivity index (χ3v) is 4.63. The summed E-state index contributed by atoms with van der Waals surface area (Å²) in [6, 6.07) is 24.5. The maximum atomic E-state index is 10.3. The van der Waals surface area contributed by atoms with Crippen LogP contribution in [0.15, 0.2) is 72.8 Å². The molecule has 6 nitrogen and oxygen atoms in total. The molecule has 0 aliphatic rings. The van der Waals surface area contributed by atoms with E-state index in [4.69, 9.17) is 4.74 Å². The summed E-state index contributed by atoms with van der Waals surface area (Å²) in [5.41, 5.74) is 5.47. The molecule has 29 heavy (non-hydrogen) atoms. The van der Waals surface area contributed by atoms with Gasteiger partial charge < -0.3 is 9.53 Å². The number of benzene rings is 3. The smallest absolute Gasteiger partial charge is 0.204 e. The predicted octanol–water partition coefficient (Wildman–Crippen LogP) is 4.56. The molecule has 3 aromatic carbocycles. The van der Waals surface area contributed by atoms with Crippen molar-refractivity contribution in [2.75, 3.05) is 6.61 Å². The Morgan fingerprint density at radius 2 is 1.28 bits per heavy atom. The number of unbranched alkanes of at least 4 members (excludes halogenated alkanes) is 1. The molecule has 1 aromatic heterocycles. The molecule has 0 unspecified atom stereocenters. The fourth-order valence-corrected chi connectivity index (χ4v) is 3.05. The summed E-state index contributed by atoms with van der Waals surface area (Å²) in [5, 5.41) is 14.0. The van der Waals surface area contributed by atoms with Crippen molar-refractivity contribution in [2.45, 2.75) is 12.8 Å². The van der Waals surface area contributed by atoms with E-state index in [1.807, 2.05) is 36.4 Å². The standard InChI is InChI=1S/C23H20N4O2/c28-15-1-2-16-29-22-13-11-20(12-14-22)18-5-3-17(4-6-18)19-7-9-21(10-8-19)23-24-26-27-25-23/h3-15H,1-2,16H2,(H,24,25,26,27). The van der Waals surface area contributed by atoms with Gasteiger partial charge in [-0.1, -0.05) is 60.7 Å². The van der Waals surface area contributed by atoms with Crippen LogP contribution in [-0.4, -0.2) is 33.5 Å². The summed E-state index contributed by atoms with van der Waals surface area (Å²) >= 11 is 0. The third kappa shape index (κ3) is 4.55. The Kier molecular flexibility index (Phi) is 5.71. The second kappa shape index (κ2) is 8.93. The van der Waals surface area contributed by atoms with Crippen molar-refractivity contribution in [1.82, 2.24) is 20.6 Å². The minimum atomic E-state index is 0.532. The lowest BCUT2D eigenvalue weighted by molar-refractivity contribution is -0.108. The van der Waals surface area contributed by atoms with Gasteiger partial charge in [0.05, 0.1) is 6.61 Å². The number of carbonyl (C=O) groups is 1. The van der Waals surface area contributed by atoms with Gasteiger partial charge in [0.2, 0.25) is 5.82 Å². The van der Waals surface area contributed by atoms with Crippen LogP contribution in [0.2, 0.25) is 0 Å². The van der Waals surface area contributed by atoms with Crippen molar-refractivity contribution in [3.63, 3.8) is 0 Å². The number of hydrogen-bond acceptors (Lipinski definition) is 5. The van der Waals surface area contributed by atoms with Crippen LogP contribution in [0.5, 0.6) is 5.75 Å². The molecule has 4 rings (SSSR count). The van der Waals surface area contributed by atoms with E-state index in [0.29, 0.717) is 18.9 Å². The first kappa shape index (κ1) is 18.6. The number of nitrogens with zero attached hydrogens (tertiary/aromatic N) is 3. The minimum absolute atomic E-state index is 0.532. The highest BCUT2D eigenvalue weighted by Crippen LogP contribution is 2.27. The van der Waals surface area contributed by atoms with Crippen molar-refractivity contribution < 1.29 is 9.53 Å². The van der Waals surface area contributed by atoms with E-state index in [0.717, 1.165) is 46.3 Å². The first-order valence-corrected chi connectivity index (χ1v) is 9.45. The van der Waals surface area contributed by atoms with Crippen LogP contribution in [0.1, 0.15) is 12.8 Å². The van der Waals surface area contributed by atoms with Crippen LogP contribution in [0.25, 0.3) is 33.6 Å². The molecule has 0 aliphatic carbocycles. The zero-order chi connectivity index (χ0) is 19.9. The molecule has 0 radical (unpaired) electrons. The van der Waals surface area contributed by atoms with Crippen LogP contribution in [0.4, 0.5) is 0 Å².